The Labute approximate surface area is 98.4 Å². The number of methoxy groups -OCH3 is 1. The van der Waals surface area contributed by atoms with E-state index >= 15 is 0 Å². The average molecular weight is 256 g/mol. The van der Waals surface area contributed by atoms with Gasteiger partial charge in [-0.2, -0.15) is 0 Å². The zero-order valence-corrected chi connectivity index (χ0v) is 10.2. The van der Waals surface area contributed by atoms with Crippen LogP contribution in [-0.4, -0.2) is 20.7 Å². The van der Waals surface area contributed by atoms with Gasteiger partial charge in [0.2, 0.25) is 10.0 Å². The molecule has 0 aliphatic carbocycles. The minimum absolute atomic E-state index is 0.293. The Hall–Kier alpha value is -1.60. The molecule has 0 spiro atoms. The number of primary sulfonamides is 1. The zero-order valence-electron chi connectivity index (χ0n) is 9.38. The van der Waals surface area contributed by atoms with Crippen LogP contribution in [0.4, 0.5) is 0 Å². The van der Waals surface area contributed by atoms with Crippen LogP contribution in [0.2, 0.25) is 0 Å². The van der Waals surface area contributed by atoms with E-state index in [9.17, 15) is 8.42 Å². The molecular formula is C10H12N2O4S. The molecule has 1 heterocycles. The number of ether oxygens (including phenoxy) is 1. The van der Waals surface area contributed by atoms with Crippen molar-refractivity contribution in [1.82, 2.24) is 5.16 Å². The van der Waals surface area contributed by atoms with E-state index in [1.807, 2.05) is 0 Å². The van der Waals surface area contributed by atoms with Gasteiger partial charge in [0.05, 0.1) is 7.11 Å². The highest BCUT2D eigenvalue weighted by molar-refractivity contribution is 7.89. The maximum Gasteiger partial charge on any atom is 0.217 e. The Bertz CT molecular complexity index is 647. The van der Waals surface area contributed by atoms with Crippen LogP contribution in [0, 0.1) is 0 Å². The third kappa shape index (κ3) is 2.11. The summed E-state index contributed by atoms with van der Waals surface area (Å²) in [5, 5.41) is 8.51. The van der Waals surface area contributed by atoms with Crippen molar-refractivity contribution >= 4 is 21.0 Å². The molecule has 2 N–H and O–H groups in total. The van der Waals surface area contributed by atoms with Gasteiger partial charge in [0, 0.05) is 5.39 Å². The molecule has 0 radical (unpaired) electrons. The van der Waals surface area contributed by atoms with E-state index in [0.29, 0.717) is 22.4 Å². The molecule has 2 rings (SSSR count). The van der Waals surface area contributed by atoms with E-state index in [2.05, 4.69) is 5.16 Å². The fraction of sp³-hybridized carbons (Fsp3) is 0.300. The molecule has 17 heavy (non-hydrogen) atoms. The number of hydrogen-bond donors (Lipinski definition) is 1. The van der Waals surface area contributed by atoms with Crippen LogP contribution in [0.5, 0.6) is 5.75 Å². The van der Waals surface area contributed by atoms with Crippen molar-refractivity contribution in [1.29, 1.82) is 0 Å². The van der Waals surface area contributed by atoms with Gasteiger partial charge in [0.15, 0.2) is 5.58 Å². The molecule has 7 heteroatoms. The molecule has 2 aromatic rings. The van der Waals surface area contributed by atoms with E-state index in [4.69, 9.17) is 14.4 Å². The van der Waals surface area contributed by atoms with Crippen molar-refractivity contribution in [2.24, 2.45) is 5.14 Å². The lowest BCUT2D eigenvalue weighted by molar-refractivity contribution is 0.415. The third-order valence-electron chi connectivity index (χ3n) is 2.58. The predicted molar refractivity (Wildman–Crippen MR) is 62.1 cm³/mol. The molecule has 0 fully saturated rings. The lowest BCUT2D eigenvalue weighted by atomic mass is 10.2. The molecular weight excluding hydrogens is 244 g/mol. The van der Waals surface area contributed by atoms with Crippen molar-refractivity contribution in [2.75, 3.05) is 7.11 Å². The number of sulfonamides is 1. The molecule has 0 aliphatic heterocycles. The Balaban J connectivity index is 2.62. The highest BCUT2D eigenvalue weighted by Gasteiger charge is 2.24. The normalized spacial score (nSPS) is 13.8. The Morgan fingerprint density at radius 1 is 1.47 bits per heavy atom. The minimum atomic E-state index is -3.70. The molecule has 1 aromatic heterocycles. The average Bonchev–Trinajstić information content (AvgIpc) is 2.69. The first-order chi connectivity index (χ1) is 7.93. The fourth-order valence-electron chi connectivity index (χ4n) is 1.51. The number of rotatable bonds is 3. The van der Waals surface area contributed by atoms with Crippen LogP contribution in [0.1, 0.15) is 17.9 Å². The van der Waals surface area contributed by atoms with Gasteiger partial charge < -0.3 is 9.26 Å². The first-order valence-corrected chi connectivity index (χ1v) is 6.49. The zero-order chi connectivity index (χ0) is 12.6. The predicted octanol–water partition coefficient (Wildman–Crippen LogP) is 1.19. The smallest absolute Gasteiger partial charge is 0.217 e. The van der Waals surface area contributed by atoms with Gasteiger partial charge in [-0.15, -0.1) is 0 Å². The first-order valence-electron chi connectivity index (χ1n) is 4.88. The summed E-state index contributed by atoms with van der Waals surface area (Å²) in [5.41, 5.74) is 0.790. The van der Waals surface area contributed by atoms with Gasteiger partial charge in [0.25, 0.3) is 0 Å². The lowest BCUT2D eigenvalue weighted by Gasteiger charge is -2.05. The van der Waals surface area contributed by atoms with Crippen LogP contribution in [0.15, 0.2) is 22.7 Å². The fourth-order valence-corrected chi connectivity index (χ4v) is 1.99. The quantitative estimate of drug-likeness (QED) is 0.889. The van der Waals surface area contributed by atoms with Crippen LogP contribution < -0.4 is 9.88 Å². The highest BCUT2D eigenvalue weighted by Crippen LogP contribution is 2.29. The second kappa shape index (κ2) is 4.01. The Kier molecular flexibility index (Phi) is 2.80. The number of aromatic nitrogens is 1. The summed E-state index contributed by atoms with van der Waals surface area (Å²) in [7, 11) is -2.17. The van der Waals surface area contributed by atoms with Gasteiger partial charge in [-0.05, 0) is 25.1 Å². The minimum Gasteiger partial charge on any atom is -0.497 e. The van der Waals surface area contributed by atoms with Crippen LogP contribution in [0.3, 0.4) is 0 Å². The summed E-state index contributed by atoms with van der Waals surface area (Å²) in [6.45, 7) is 1.46. The standard InChI is InChI=1S/C10H12N2O4S/c1-6(17(11,13)14)10-8-5-7(15-2)3-4-9(8)16-12-10/h3-6H,1-2H3,(H2,11,13,14). The summed E-state index contributed by atoms with van der Waals surface area (Å²) >= 11 is 0. The highest BCUT2D eigenvalue weighted by atomic mass is 32.2. The summed E-state index contributed by atoms with van der Waals surface area (Å²) < 4.78 is 32.7. The van der Waals surface area contributed by atoms with Crippen molar-refractivity contribution < 1.29 is 17.7 Å². The number of hydrogen-bond acceptors (Lipinski definition) is 5. The largest absolute Gasteiger partial charge is 0.497 e. The monoisotopic (exact) mass is 256 g/mol. The molecule has 1 aromatic carbocycles. The van der Waals surface area contributed by atoms with Crippen molar-refractivity contribution in [2.45, 2.75) is 12.2 Å². The van der Waals surface area contributed by atoms with Crippen molar-refractivity contribution in [3.8, 4) is 5.75 Å². The first kappa shape index (κ1) is 11.9. The molecule has 0 amide bonds. The molecule has 1 atom stereocenters. The lowest BCUT2D eigenvalue weighted by Crippen LogP contribution is -2.19. The van der Waals surface area contributed by atoms with E-state index < -0.39 is 15.3 Å². The molecule has 0 saturated heterocycles. The van der Waals surface area contributed by atoms with Crippen LogP contribution in [0.25, 0.3) is 11.0 Å². The molecule has 0 aliphatic rings. The van der Waals surface area contributed by atoms with Crippen LogP contribution in [-0.2, 0) is 10.0 Å². The third-order valence-corrected chi connectivity index (χ3v) is 3.79. The van der Waals surface area contributed by atoms with Gasteiger partial charge >= 0.3 is 0 Å². The number of nitrogens with two attached hydrogens (primary N) is 1. The van der Waals surface area contributed by atoms with Gasteiger partial charge in [-0.1, -0.05) is 5.16 Å². The molecule has 0 saturated carbocycles. The van der Waals surface area contributed by atoms with Gasteiger partial charge in [-0.25, -0.2) is 13.6 Å². The maximum absolute atomic E-state index is 11.3. The molecule has 1 unspecified atom stereocenters. The summed E-state index contributed by atoms with van der Waals surface area (Å²) in [5.74, 6) is 0.601. The summed E-state index contributed by atoms with van der Waals surface area (Å²) in [4.78, 5) is 0. The Morgan fingerprint density at radius 3 is 2.76 bits per heavy atom. The molecule has 0 bridgehead atoms. The molecule has 6 nitrogen and oxygen atoms in total. The van der Waals surface area contributed by atoms with E-state index in [-0.39, 0.29) is 0 Å². The van der Waals surface area contributed by atoms with Gasteiger partial charge in [0.1, 0.15) is 16.7 Å². The second-order valence-electron chi connectivity index (χ2n) is 3.66. The SMILES string of the molecule is COc1ccc2onc(C(C)S(N)(=O)=O)c2c1. The van der Waals surface area contributed by atoms with E-state index in [1.165, 1.54) is 14.0 Å². The van der Waals surface area contributed by atoms with Crippen LogP contribution >= 0.6 is 0 Å². The second-order valence-corrected chi connectivity index (χ2v) is 5.55. The van der Waals surface area contributed by atoms with Crippen molar-refractivity contribution in [3.05, 3.63) is 23.9 Å². The van der Waals surface area contributed by atoms with Gasteiger partial charge in [-0.3, -0.25) is 0 Å². The number of nitrogens with zero attached hydrogens (tertiary/aromatic N) is 1. The maximum atomic E-state index is 11.3. The molecule has 92 valence electrons. The Morgan fingerprint density at radius 2 is 2.18 bits per heavy atom. The summed E-state index contributed by atoms with van der Waals surface area (Å²) in [6, 6.07) is 5.04. The summed E-state index contributed by atoms with van der Waals surface area (Å²) in [6.07, 6.45) is 0. The topological polar surface area (TPSA) is 95.4 Å². The number of fused-ring (bicyclic) bond motifs is 1. The van der Waals surface area contributed by atoms with E-state index in [1.54, 1.807) is 18.2 Å². The number of benzene rings is 1. The van der Waals surface area contributed by atoms with Crippen molar-refractivity contribution in [3.63, 3.8) is 0 Å². The van der Waals surface area contributed by atoms with E-state index in [0.717, 1.165) is 0 Å².